The van der Waals surface area contributed by atoms with Gasteiger partial charge < -0.3 is 107 Å². The van der Waals surface area contributed by atoms with Gasteiger partial charge in [-0.2, -0.15) is 11.8 Å². The van der Waals surface area contributed by atoms with Crippen molar-refractivity contribution in [1.29, 1.82) is 0 Å². The molecule has 2 aromatic rings. The molecular formula is C72H110N20O16S. The number of nitrogens with zero attached hydrogens (tertiary/aromatic N) is 5. The number of benzene rings is 2. The molecule has 0 saturated carbocycles. The molecule has 0 unspecified atom stereocenters. The molecule has 12 atom stereocenters. The third kappa shape index (κ3) is 28.1. The van der Waals surface area contributed by atoms with Crippen LogP contribution in [0, 0.1) is 5.92 Å². The highest BCUT2D eigenvalue weighted by atomic mass is 32.2. The van der Waals surface area contributed by atoms with Crippen molar-refractivity contribution in [3.05, 3.63) is 71.8 Å². The number of aliphatic imine (C=N–C) groups is 2. The fraction of sp³-hybridized carbons (Fsp3) is 0.611. The number of hydrogen-bond acceptors (Lipinski definition) is 19. The Hall–Kier alpha value is -10.2. The second-order valence-electron chi connectivity index (χ2n) is 28.0. The number of aliphatic carboxylic acids is 1. The Morgan fingerprint density at radius 2 is 0.954 bits per heavy atom. The average molecular weight is 1540 g/mol. The summed E-state index contributed by atoms with van der Waals surface area (Å²) in [6, 6.07) is 2.28. The first kappa shape index (κ1) is 87.7. The molecule has 0 aromatic heterocycles. The number of carbonyl (C=O) groups is 14. The molecule has 2 aromatic carbocycles. The molecule has 0 bridgehead atoms. The van der Waals surface area contributed by atoms with Crippen LogP contribution in [0.15, 0.2) is 70.6 Å². The zero-order valence-electron chi connectivity index (χ0n) is 62.2. The highest BCUT2D eigenvalue weighted by molar-refractivity contribution is 7.98. The van der Waals surface area contributed by atoms with E-state index < -0.39 is 163 Å². The number of hydrogen-bond donors (Lipinski definition) is 17. The van der Waals surface area contributed by atoms with Gasteiger partial charge in [-0.05, 0) is 138 Å². The zero-order valence-corrected chi connectivity index (χ0v) is 63.0. The standard InChI is InChI=1S/C72H110N20O16S/c1-42(2)37-50(86-60(97)46(22-12-31-78-71(74)75)83-66(103)55-25-15-34-91(55)68(105)48(23-13-32-79-72(76)77)84-61(98)47-27-28-57(94)81-47)62(99)89-53(41-93)64(101)87-51(38-43-17-6-4-7-18-43)63(100)82-45(21-10-11-30-73)59(96)80-40-58(95)90-33-14-24-54(90)65(102)85-49(29-36-109-3)69(106)92-35-16-26-56(92)67(104)88-52(70(107)108)39-44-19-8-5-9-20-44/h4-9,17-20,42,45-56,93H,10-16,21-41,73H2,1-3H3,(H,80,96)(H,81,94)(H,82,100)(H,83,103)(H,84,98)(H,85,102)(H,86,97)(H,87,101)(H,88,104)(H,89,99)(H,107,108)(H4,74,75,78)(H4,76,77,79)/t45-,46-,47-,48-,49-,50-,51-,52-,53-,54-,55-,56-/m0/s1. The number of carbonyl (C=O) groups excluding carboxylic acids is 13. The first-order valence-electron chi connectivity index (χ1n) is 37.2. The summed E-state index contributed by atoms with van der Waals surface area (Å²) in [5.41, 5.74) is 29.3. The van der Waals surface area contributed by atoms with Gasteiger partial charge in [-0.25, -0.2) is 4.79 Å². The summed E-state index contributed by atoms with van der Waals surface area (Å²) in [6.45, 7) is 2.65. The summed E-state index contributed by atoms with van der Waals surface area (Å²) in [7, 11) is 0. The maximum absolute atomic E-state index is 14.6. The Labute approximate surface area is 638 Å². The number of carboxylic acids is 1. The highest BCUT2D eigenvalue weighted by Crippen LogP contribution is 2.25. The minimum Gasteiger partial charge on any atom is -0.480 e. The third-order valence-electron chi connectivity index (χ3n) is 19.2. The maximum atomic E-state index is 14.6. The predicted molar refractivity (Wildman–Crippen MR) is 404 cm³/mol. The summed E-state index contributed by atoms with van der Waals surface area (Å²) in [4.78, 5) is 207. The van der Waals surface area contributed by atoms with Crippen molar-refractivity contribution >= 4 is 106 Å². The molecular weight excluding hydrogens is 1430 g/mol. The van der Waals surface area contributed by atoms with E-state index in [0.29, 0.717) is 49.0 Å². The first-order chi connectivity index (χ1) is 52.1. The van der Waals surface area contributed by atoms with Crippen LogP contribution in [-0.2, 0) is 80.0 Å². The number of nitrogens with two attached hydrogens (primary N) is 5. The van der Waals surface area contributed by atoms with Crippen LogP contribution in [0.2, 0.25) is 0 Å². The Bertz CT molecular complexity index is 3510. The van der Waals surface area contributed by atoms with E-state index in [9.17, 15) is 77.3 Å². The first-order valence-corrected chi connectivity index (χ1v) is 38.6. The quantitative estimate of drug-likeness (QED) is 0.0170. The van der Waals surface area contributed by atoms with E-state index >= 15 is 0 Å². The molecule has 0 spiro atoms. The molecule has 4 saturated heterocycles. The number of thioether (sulfide) groups is 1. The summed E-state index contributed by atoms with van der Waals surface area (Å²) in [5.74, 6) is -10.8. The lowest BCUT2D eigenvalue weighted by molar-refractivity contribution is -0.145. The van der Waals surface area contributed by atoms with Gasteiger partial charge in [-0.1, -0.05) is 74.5 Å². The van der Waals surface area contributed by atoms with E-state index in [1.165, 1.54) is 26.5 Å². The summed E-state index contributed by atoms with van der Waals surface area (Å²) in [5, 5.41) is 47.3. The number of guanidine groups is 2. The van der Waals surface area contributed by atoms with Gasteiger partial charge in [0, 0.05) is 52.0 Å². The van der Waals surface area contributed by atoms with Crippen LogP contribution in [-0.4, -0.2) is 257 Å². The van der Waals surface area contributed by atoms with Gasteiger partial charge >= 0.3 is 5.97 Å². The van der Waals surface area contributed by atoms with Crippen molar-refractivity contribution in [2.24, 2.45) is 44.6 Å². The highest BCUT2D eigenvalue weighted by Gasteiger charge is 2.44. The van der Waals surface area contributed by atoms with Crippen LogP contribution < -0.4 is 81.8 Å². The lowest BCUT2D eigenvalue weighted by Gasteiger charge is -2.31. The average Bonchev–Trinajstić information content (AvgIpc) is 1.72. The maximum Gasteiger partial charge on any atom is 0.326 e. The molecule has 109 heavy (non-hydrogen) atoms. The molecule has 37 heteroatoms. The van der Waals surface area contributed by atoms with Crippen molar-refractivity contribution in [3.8, 4) is 0 Å². The van der Waals surface area contributed by atoms with E-state index in [4.69, 9.17) is 28.7 Å². The predicted octanol–water partition coefficient (Wildman–Crippen LogP) is -4.17. The van der Waals surface area contributed by atoms with Gasteiger partial charge in [0.05, 0.1) is 13.2 Å². The Morgan fingerprint density at radius 1 is 0.523 bits per heavy atom. The summed E-state index contributed by atoms with van der Waals surface area (Å²) < 4.78 is 0. The monoisotopic (exact) mass is 1540 g/mol. The number of amides is 13. The molecule has 600 valence electrons. The van der Waals surface area contributed by atoms with Gasteiger partial charge in [0.2, 0.25) is 76.8 Å². The molecule has 22 N–H and O–H groups in total. The van der Waals surface area contributed by atoms with Gasteiger partial charge in [0.15, 0.2) is 11.9 Å². The number of likely N-dealkylation sites (tertiary alicyclic amines) is 3. The molecule has 6 rings (SSSR count). The second-order valence-corrected chi connectivity index (χ2v) is 29.0. The van der Waals surface area contributed by atoms with Crippen molar-refractivity contribution in [2.75, 3.05) is 64.4 Å². The van der Waals surface area contributed by atoms with Crippen LogP contribution in [0.25, 0.3) is 0 Å². The molecule has 0 radical (unpaired) electrons. The lowest BCUT2D eigenvalue weighted by atomic mass is 10.0. The molecule has 13 amide bonds. The van der Waals surface area contributed by atoms with E-state index in [0.717, 1.165) is 0 Å². The number of aliphatic hydroxyl groups is 1. The van der Waals surface area contributed by atoms with Gasteiger partial charge in [0.1, 0.15) is 72.5 Å². The van der Waals surface area contributed by atoms with E-state index in [1.54, 1.807) is 74.5 Å². The topological polar surface area (TPSA) is 564 Å². The number of nitrogens with one attached hydrogen (secondary N) is 10. The molecule has 4 fully saturated rings. The third-order valence-corrected chi connectivity index (χ3v) is 19.8. The van der Waals surface area contributed by atoms with Crippen LogP contribution >= 0.6 is 11.8 Å². The van der Waals surface area contributed by atoms with E-state index in [1.807, 2.05) is 6.26 Å². The molecule has 0 aliphatic carbocycles. The van der Waals surface area contributed by atoms with Gasteiger partial charge in [-0.3, -0.25) is 72.3 Å². The summed E-state index contributed by atoms with van der Waals surface area (Å²) in [6.07, 6.45) is 5.09. The fourth-order valence-electron chi connectivity index (χ4n) is 13.5. The van der Waals surface area contributed by atoms with Crippen LogP contribution in [0.3, 0.4) is 0 Å². The Kier molecular flexibility index (Phi) is 36.2. The molecule has 4 aliphatic heterocycles. The molecule has 36 nitrogen and oxygen atoms in total. The smallest absolute Gasteiger partial charge is 0.326 e. The zero-order chi connectivity index (χ0) is 79.7. The fourth-order valence-corrected chi connectivity index (χ4v) is 14.0. The van der Waals surface area contributed by atoms with Crippen molar-refractivity contribution in [1.82, 2.24) is 67.9 Å². The molecule has 4 heterocycles. The number of carboxylic acid groups (broad SMARTS) is 1. The minimum atomic E-state index is -1.75. The van der Waals surface area contributed by atoms with Gasteiger partial charge in [0.25, 0.3) is 0 Å². The largest absolute Gasteiger partial charge is 0.480 e. The van der Waals surface area contributed by atoms with Crippen molar-refractivity contribution in [2.45, 2.75) is 208 Å². The number of rotatable bonds is 44. The lowest BCUT2D eigenvalue weighted by Crippen LogP contribution is -2.61. The Balaban J connectivity index is 1.11. The van der Waals surface area contributed by atoms with Gasteiger partial charge in [-0.15, -0.1) is 0 Å². The second kappa shape index (κ2) is 45.0. The van der Waals surface area contributed by atoms with E-state index in [2.05, 4.69) is 63.2 Å². The number of unbranched alkanes of at least 4 members (excludes halogenated alkanes) is 1. The summed E-state index contributed by atoms with van der Waals surface area (Å²) >= 11 is 1.43. The Morgan fingerprint density at radius 3 is 1.46 bits per heavy atom. The van der Waals surface area contributed by atoms with Crippen LogP contribution in [0.5, 0.6) is 0 Å². The number of aliphatic hydroxyl groups excluding tert-OH is 1. The van der Waals surface area contributed by atoms with Crippen LogP contribution in [0.1, 0.15) is 134 Å². The SMILES string of the molecule is CSCC[C@H](NC(=O)[C@@H]1CCCN1C(=O)CNC(=O)[C@H](CCCCN)NC(=O)[C@H](Cc1ccccc1)NC(=O)[C@H](CO)NC(=O)[C@H](CC(C)C)NC(=O)[C@H](CCCN=C(N)N)NC(=O)[C@@H]1CCCN1C(=O)[C@H](CCCN=C(N)N)NC(=O)[C@@H]1CCC(=O)N1)C(=O)N1CCC[C@H]1C(=O)N[C@@H](Cc1ccccc1)C(=O)O. The molecule has 4 aliphatic rings. The van der Waals surface area contributed by atoms with E-state index in [-0.39, 0.29) is 153 Å². The van der Waals surface area contributed by atoms with Crippen LogP contribution in [0.4, 0.5) is 0 Å². The van der Waals surface area contributed by atoms with Crippen molar-refractivity contribution in [3.63, 3.8) is 0 Å². The van der Waals surface area contributed by atoms with Crippen molar-refractivity contribution < 1.29 is 77.3 Å². The minimum absolute atomic E-state index is 0.00931. The normalized spacial score (nSPS) is 18.9.